The molecule has 0 saturated carbocycles. The molecule has 1 heterocycles. The van der Waals surface area contributed by atoms with Crippen LogP contribution >= 0.6 is 0 Å². The van der Waals surface area contributed by atoms with Crippen molar-refractivity contribution in [3.63, 3.8) is 0 Å². The van der Waals surface area contributed by atoms with E-state index < -0.39 is 27.5 Å². The Kier molecular flexibility index (Phi) is 10.2. The molecule has 2 N–H and O–H groups in total. The van der Waals surface area contributed by atoms with Crippen LogP contribution < -0.4 is 10.1 Å². The van der Waals surface area contributed by atoms with Gasteiger partial charge in [0.2, 0.25) is 0 Å². The second kappa shape index (κ2) is 12.9. The minimum atomic E-state index is -1.92. The Morgan fingerprint density at radius 1 is 1.32 bits per heavy atom. The summed E-state index contributed by atoms with van der Waals surface area (Å²) in [4.78, 5) is 4.98. The Bertz CT molecular complexity index is 1320. The lowest BCUT2D eigenvalue weighted by Crippen LogP contribution is -2.29. The highest BCUT2D eigenvalue weighted by molar-refractivity contribution is 8.00. The van der Waals surface area contributed by atoms with Crippen molar-refractivity contribution >= 4 is 32.0 Å². The molecular weight excluding hydrogens is 503 g/mol. The van der Waals surface area contributed by atoms with Crippen LogP contribution in [0.5, 0.6) is 5.75 Å². The van der Waals surface area contributed by atoms with Crippen LogP contribution in [0.15, 0.2) is 47.0 Å². The topological polar surface area (TPSA) is 80.2 Å². The van der Waals surface area contributed by atoms with E-state index in [4.69, 9.17) is 14.5 Å². The first-order chi connectivity index (χ1) is 17.9. The minimum absolute atomic E-state index is 0.184. The van der Waals surface area contributed by atoms with Crippen LogP contribution in [-0.2, 0) is 14.3 Å². The maximum atomic E-state index is 14.2. The number of benzene rings is 2. The van der Waals surface area contributed by atoms with Gasteiger partial charge in [0.15, 0.2) is 6.10 Å². The number of aliphatic hydroxyl groups excluding tert-OH is 1. The lowest BCUT2D eigenvalue weighted by atomic mass is 9.91. The monoisotopic (exact) mass is 544 g/mol. The summed E-state index contributed by atoms with van der Waals surface area (Å²) in [5.74, 6) is 0.00679. The number of allylic oxidation sites excluding steroid dienone is 2. The van der Waals surface area contributed by atoms with E-state index in [9.17, 15) is 13.7 Å². The van der Waals surface area contributed by atoms with Gasteiger partial charge in [-0.15, -0.1) is 0 Å². The number of aliphatic imine (C=N–C) groups is 1. The van der Waals surface area contributed by atoms with E-state index in [1.165, 1.54) is 12.1 Å². The van der Waals surface area contributed by atoms with Gasteiger partial charge in [-0.3, -0.25) is 4.21 Å². The quantitative estimate of drug-likeness (QED) is 0.299. The van der Waals surface area contributed by atoms with Gasteiger partial charge in [0.25, 0.3) is 0 Å². The average Bonchev–Trinajstić information content (AvgIpc) is 3.26. The normalized spacial score (nSPS) is 19.4. The summed E-state index contributed by atoms with van der Waals surface area (Å²) in [7, 11) is -0.0440. The zero-order chi connectivity index (χ0) is 28.0. The molecule has 1 fully saturated rings. The van der Waals surface area contributed by atoms with Gasteiger partial charge in [0, 0.05) is 36.9 Å². The third-order valence-electron chi connectivity index (χ3n) is 6.69. The van der Waals surface area contributed by atoms with Gasteiger partial charge < -0.3 is 19.9 Å². The van der Waals surface area contributed by atoms with Crippen molar-refractivity contribution in [2.75, 3.05) is 38.1 Å². The van der Waals surface area contributed by atoms with Crippen LogP contribution in [-0.4, -0.2) is 65.4 Å². The summed E-state index contributed by atoms with van der Waals surface area (Å²) in [6.45, 7) is 8.74. The standard InChI is InChI=1S/C30H41FN2O4S/c1-8-19(2)13-26(33-24-10-9-23(31)16-28(24)37-29-18-36-17-27(29)34)30-21(4)14-22(15-25(30)32-5)20(3)11-12-38(6,7)35/h9-10,12-16,20,27,29,32,34H,8,11,17-18H2,1-7H3. The first-order valence-electron chi connectivity index (χ1n) is 13.0. The molecule has 0 aromatic heterocycles. The Morgan fingerprint density at radius 2 is 2.05 bits per heavy atom. The second-order valence-corrected chi connectivity index (χ2v) is 13.3. The van der Waals surface area contributed by atoms with Crippen LogP contribution in [0.1, 0.15) is 56.2 Å². The van der Waals surface area contributed by atoms with Crippen molar-refractivity contribution in [1.82, 2.24) is 0 Å². The highest BCUT2D eigenvalue weighted by atomic mass is 32.2. The summed E-state index contributed by atoms with van der Waals surface area (Å²) in [6.07, 6.45) is 5.76. The smallest absolute Gasteiger partial charge is 0.150 e. The number of halogens is 1. The highest BCUT2D eigenvalue weighted by Crippen LogP contribution is 2.34. The molecule has 208 valence electrons. The Labute approximate surface area is 227 Å². The van der Waals surface area contributed by atoms with E-state index >= 15 is 0 Å². The fraction of sp³-hybridized carbons (Fsp3) is 0.467. The predicted octanol–water partition coefficient (Wildman–Crippen LogP) is 5.63. The molecule has 6 nitrogen and oxygen atoms in total. The molecule has 0 spiro atoms. The molecule has 0 bridgehead atoms. The summed E-state index contributed by atoms with van der Waals surface area (Å²) in [5.41, 5.74) is 6.37. The largest absolute Gasteiger partial charge is 0.483 e. The number of aryl methyl sites for hydroxylation is 1. The van der Waals surface area contributed by atoms with Crippen molar-refractivity contribution in [3.05, 3.63) is 64.5 Å². The van der Waals surface area contributed by atoms with Gasteiger partial charge in [0.1, 0.15) is 23.4 Å². The number of aliphatic hydroxyl groups is 1. The lowest BCUT2D eigenvalue weighted by molar-refractivity contribution is 0.0735. The first kappa shape index (κ1) is 29.9. The number of rotatable bonds is 10. The Balaban J connectivity index is 2.13. The summed E-state index contributed by atoms with van der Waals surface area (Å²) >= 11 is 0. The second-order valence-electron chi connectivity index (χ2n) is 10.3. The van der Waals surface area contributed by atoms with Crippen LogP contribution in [0, 0.1) is 12.7 Å². The van der Waals surface area contributed by atoms with Gasteiger partial charge in [0.05, 0.1) is 18.9 Å². The van der Waals surface area contributed by atoms with E-state index in [0.717, 1.165) is 46.5 Å². The predicted molar refractivity (Wildman–Crippen MR) is 158 cm³/mol. The lowest BCUT2D eigenvalue weighted by Gasteiger charge is -2.20. The molecule has 0 radical (unpaired) electrons. The van der Waals surface area contributed by atoms with E-state index in [1.54, 1.807) is 18.6 Å². The van der Waals surface area contributed by atoms with Crippen molar-refractivity contribution in [2.24, 2.45) is 4.99 Å². The molecule has 3 unspecified atom stereocenters. The molecule has 1 aliphatic rings. The summed E-state index contributed by atoms with van der Waals surface area (Å²) in [5, 5.41) is 15.4. The van der Waals surface area contributed by atoms with E-state index in [0.29, 0.717) is 5.69 Å². The number of nitrogens with one attached hydrogen (secondary N) is 1. The zero-order valence-corrected chi connectivity index (χ0v) is 24.3. The molecule has 0 aliphatic carbocycles. The van der Waals surface area contributed by atoms with Crippen LogP contribution in [0.3, 0.4) is 0 Å². The number of nitrogens with zero attached hydrogens (tertiary/aromatic N) is 1. The maximum Gasteiger partial charge on any atom is 0.150 e. The average molecular weight is 545 g/mol. The molecule has 0 amide bonds. The van der Waals surface area contributed by atoms with Crippen molar-refractivity contribution in [2.45, 2.75) is 58.7 Å². The van der Waals surface area contributed by atoms with Crippen LogP contribution in [0.25, 0.3) is 0 Å². The van der Waals surface area contributed by atoms with Gasteiger partial charge in [-0.25, -0.2) is 9.38 Å². The van der Waals surface area contributed by atoms with Crippen LogP contribution in [0.4, 0.5) is 15.8 Å². The zero-order valence-electron chi connectivity index (χ0n) is 23.5. The van der Waals surface area contributed by atoms with Gasteiger partial charge in [-0.1, -0.05) is 25.5 Å². The third kappa shape index (κ3) is 7.91. The van der Waals surface area contributed by atoms with Crippen LogP contribution in [0.2, 0.25) is 0 Å². The van der Waals surface area contributed by atoms with Gasteiger partial charge >= 0.3 is 0 Å². The third-order valence-corrected chi connectivity index (χ3v) is 7.68. The van der Waals surface area contributed by atoms with Gasteiger partial charge in [-0.05, 0) is 82.9 Å². The summed E-state index contributed by atoms with van der Waals surface area (Å²) in [6, 6.07) is 8.52. The number of hydrogen-bond donors (Lipinski definition) is 2. The molecule has 1 aliphatic heterocycles. The van der Waals surface area contributed by atoms with E-state index in [-0.39, 0.29) is 24.9 Å². The molecular formula is C30H41FN2O4S. The first-order valence-corrected chi connectivity index (χ1v) is 15.4. The van der Waals surface area contributed by atoms with Crippen molar-refractivity contribution < 1.29 is 23.2 Å². The Hall–Kier alpha value is -2.68. The number of hydrogen-bond acceptors (Lipinski definition) is 6. The van der Waals surface area contributed by atoms with Crippen molar-refractivity contribution in [1.29, 1.82) is 0 Å². The molecule has 3 rings (SSSR count). The molecule has 38 heavy (non-hydrogen) atoms. The summed E-state index contributed by atoms with van der Waals surface area (Å²) < 4.78 is 37.7. The van der Waals surface area contributed by atoms with E-state index in [2.05, 4.69) is 45.1 Å². The molecule has 1 saturated heterocycles. The van der Waals surface area contributed by atoms with E-state index in [1.807, 2.05) is 18.5 Å². The SMILES string of the molecule is CCC(C)=CC(=Nc1ccc(F)cc1OC1COCC1O)c1c(C)cc(C(C)CC=S(C)(C)=O)cc1NC. The fourth-order valence-electron chi connectivity index (χ4n) is 4.25. The fourth-order valence-corrected chi connectivity index (χ4v) is 5.00. The molecule has 8 heteroatoms. The minimum Gasteiger partial charge on any atom is -0.483 e. The van der Waals surface area contributed by atoms with Crippen molar-refractivity contribution in [3.8, 4) is 5.75 Å². The van der Waals surface area contributed by atoms with Gasteiger partial charge in [-0.2, -0.15) is 0 Å². The number of anilines is 1. The molecule has 2 aromatic rings. The maximum absolute atomic E-state index is 14.2. The Morgan fingerprint density at radius 3 is 2.66 bits per heavy atom. The molecule has 2 aromatic carbocycles. The highest BCUT2D eigenvalue weighted by Gasteiger charge is 2.29. The number of ether oxygens (including phenoxy) is 2. The molecule has 3 atom stereocenters.